The topological polar surface area (TPSA) is 127 Å². The molecule has 0 aliphatic heterocycles. The third kappa shape index (κ3) is 21.8. The minimum atomic E-state index is -1.67. The van der Waals surface area contributed by atoms with E-state index in [4.69, 9.17) is 14.9 Å². The number of aliphatic hydroxyl groups is 5. The Morgan fingerprint density at radius 3 is 1.19 bits per heavy atom. The fourth-order valence-corrected chi connectivity index (χ4v) is 4.72. The number of rotatable bonds is 28. The van der Waals surface area contributed by atoms with Crippen LogP contribution in [0.1, 0.15) is 148 Å². The summed E-state index contributed by atoms with van der Waals surface area (Å²) in [4.78, 5) is 12.0. The molecule has 0 heterocycles. The molecule has 0 aromatic heterocycles. The van der Waals surface area contributed by atoms with Crippen molar-refractivity contribution in [3.05, 3.63) is 0 Å². The smallest absolute Gasteiger partial charge is 0.306 e. The van der Waals surface area contributed by atoms with Crippen LogP contribution in [0.2, 0.25) is 0 Å². The number of carbonyl (C=O) groups excluding carboxylic acids is 1. The van der Waals surface area contributed by atoms with Gasteiger partial charge in [0.15, 0.2) is 6.10 Å². The van der Waals surface area contributed by atoms with Gasteiger partial charge in [-0.3, -0.25) is 4.79 Å². The molecule has 4 atom stereocenters. The number of esters is 1. The highest BCUT2D eigenvalue weighted by atomic mass is 16.6. The van der Waals surface area contributed by atoms with Gasteiger partial charge >= 0.3 is 5.97 Å². The quantitative estimate of drug-likeness (QED) is 0.0658. The second-order valence-corrected chi connectivity index (χ2v) is 10.8. The molecule has 7 heteroatoms. The van der Waals surface area contributed by atoms with Crippen LogP contribution in [0.5, 0.6) is 0 Å². The van der Waals surface area contributed by atoms with Crippen molar-refractivity contribution in [3.63, 3.8) is 0 Å². The Morgan fingerprint density at radius 1 is 0.541 bits per heavy atom. The van der Waals surface area contributed by atoms with Crippen LogP contribution in [-0.4, -0.2) is 69.1 Å². The maximum atomic E-state index is 12.0. The van der Waals surface area contributed by atoms with Crippen LogP contribution in [-0.2, 0) is 9.53 Å². The highest BCUT2D eigenvalue weighted by molar-refractivity contribution is 5.69. The van der Waals surface area contributed by atoms with Gasteiger partial charge in [-0.2, -0.15) is 0 Å². The second-order valence-electron chi connectivity index (χ2n) is 10.8. The van der Waals surface area contributed by atoms with Gasteiger partial charge in [-0.15, -0.1) is 0 Å². The van der Waals surface area contributed by atoms with Crippen LogP contribution >= 0.6 is 0 Å². The van der Waals surface area contributed by atoms with Crippen LogP contribution < -0.4 is 0 Å². The summed E-state index contributed by atoms with van der Waals surface area (Å²) in [5.74, 6) is -0.598. The number of hydrogen-bond acceptors (Lipinski definition) is 7. The lowest BCUT2D eigenvalue weighted by molar-refractivity contribution is -0.177. The van der Waals surface area contributed by atoms with Crippen molar-refractivity contribution < 1.29 is 35.1 Å². The summed E-state index contributed by atoms with van der Waals surface area (Å²) < 4.78 is 5.06. The molecule has 0 unspecified atom stereocenters. The first-order valence-corrected chi connectivity index (χ1v) is 15.4. The Kier molecular flexibility index (Phi) is 26.3. The predicted molar refractivity (Wildman–Crippen MR) is 149 cm³/mol. The molecule has 7 nitrogen and oxygen atoms in total. The minimum absolute atomic E-state index is 0.148. The standard InChI is InChI=1S/C30H60O7/c1-2-3-4-5-6-7-8-9-10-11-12-13-14-15-16-17-18-19-20-21-22-23-28(35)37-30(27(34)25-32)29(36)26(33)24-31/h26-27,29-34,36H,2-25H2,1H3/t26-,27-,29-,30-/m1/s1. The average Bonchev–Trinajstić information content (AvgIpc) is 2.91. The first-order chi connectivity index (χ1) is 18.0. The van der Waals surface area contributed by atoms with E-state index in [1.165, 1.54) is 109 Å². The van der Waals surface area contributed by atoms with E-state index < -0.39 is 43.6 Å². The van der Waals surface area contributed by atoms with E-state index in [9.17, 15) is 20.1 Å². The molecule has 0 aliphatic carbocycles. The molecule has 0 fully saturated rings. The molecule has 5 N–H and O–H groups in total. The lowest BCUT2D eigenvalue weighted by Crippen LogP contribution is -2.49. The zero-order valence-corrected chi connectivity index (χ0v) is 23.8. The van der Waals surface area contributed by atoms with E-state index >= 15 is 0 Å². The van der Waals surface area contributed by atoms with Crippen LogP contribution in [0.15, 0.2) is 0 Å². The lowest BCUT2D eigenvalue weighted by atomic mass is 10.0. The summed E-state index contributed by atoms with van der Waals surface area (Å²) in [6.07, 6.45) is 21.0. The molecule has 0 aliphatic rings. The highest BCUT2D eigenvalue weighted by Gasteiger charge is 2.34. The molecule has 0 saturated carbocycles. The molecule has 0 rings (SSSR count). The van der Waals surface area contributed by atoms with E-state index in [1.807, 2.05) is 0 Å². The number of carbonyl (C=O) groups is 1. The van der Waals surface area contributed by atoms with E-state index in [0.717, 1.165) is 19.3 Å². The third-order valence-corrected chi connectivity index (χ3v) is 7.24. The van der Waals surface area contributed by atoms with Crippen LogP contribution in [0, 0.1) is 0 Å². The summed E-state index contributed by atoms with van der Waals surface area (Å²) >= 11 is 0. The van der Waals surface area contributed by atoms with Gasteiger partial charge in [0.2, 0.25) is 0 Å². The second kappa shape index (κ2) is 26.9. The normalized spacial score (nSPS) is 14.9. The van der Waals surface area contributed by atoms with Gasteiger partial charge in [-0.25, -0.2) is 0 Å². The summed E-state index contributed by atoms with van der Waals surface area (Å²) in [7, 11) is 0. The molecule has 0 aromatic rings. The molecular formula is C30H60O7. The highest BCUT2D eigenvalue weighted by Crippen LogP contribution is 2.16. The van der Waals surface area contributed by atoms with Crippen molar-refractivity contribution in [2.75, 3.05) is 13.2 Å². The van der Waals surface area contributed by atoms with Crippen molar-refractivity contribution in [2.24, 2.45) is 0 Å². The van der Waals surface area contributed by atoms with Crippen molar-refractivity contribution in [3.8, 4) is 0 Å². The summed E-state index contributed by atoms with van der Waals surface area (Å²) in [5, 5.41) is 47.2. The Hall–Kier alpha value is -0.730. The summed E-state index contributed by atoms with van der Waals surface area (Å²) in [6, 6.07) is 0. The van der Waals surface area contributed by atoms with E-state index in [1.54, 1.807) is 0 Å². The minimum Gasteiger partial charge on any atom is -0.457 e. The first-order valence-electron chi connectivity index (χ1n) is 15.4. The van der Waals surface area contributed by atoms with Gasteiger partial charge in [-0.05, 0) is 6.42 Å². The molecule has 0 amide bonds. The lowest BCUT2D eigenvalue weighted by Gasteiger charge is -2.28. The molecule has 0 bridgehead atoms. The molecule has 0 spiro atoms. The molecular weight excluding hydrogens is 472 g/mol. The number of hydrogen-bond donors (Lipinski definition) is 5. The zero-order chi connectivity index (χ0) is 27.6. The van der Waals surface area contributed by atoms with E-state index in [-0.39, 0.29) is 6.42 Å². The molecule has 0 aromatic carbocycles. The predicted octanol–water partition coefficient (Wildman–Crippen LogP) is 5.57. The van der Waals surface area contributed by atoms with Crippen LogP contribution in [0.4, 0.5) is 0 Å². The van der Waals surface area contributed by atoms with E-state index in [2.05, 4.69) is 6.92 Å². The summed E-state index contributed by atoms with van der Waals surface area (Å²) in [5.41, 5.74) is 0. The van der Waals surface area contributed by atoms with Gasteiger partial charge in [-0.1, -0.05) is 135 Å². The van der Waals surface area contributed by atoms with Crippen molar-refractivity contribution in [1.82, 2.24) is 0 Å². The maximum Gasteiger partial charge on any atom is 0.306 e. The number of unbranched alkanes of at least 4 members (excludes halogenated alkanes) is 20. The fourth-order valence-electron chi connectivity index (χ4n) is 4.72. The first kappa shape index (κ1) is 36.3. The SMILES string of the molecule is CCCCCCCCCCCCCCCCCCCCCCCC(=O)O[C@@H]([C@H](O)[C@H](O)CO)[C@H](O)CO. The molecule has 0 radical (unpaired) electrons. The van der Waals surface area contributed by atoms with Gasteiger partial charge in [0.05, 0.1) is 13.2 Å². The average molecular weight is 533 g/mol. The third-order valence-electron chi connectivity index (χ3n) is 7.24. The van der Waals surface area contributed by atoms with Gasteiger partial charge in [0.1, 0.15) is 18.3 Å². The molecule has 0 saturated heterocycles. The Morgan fingerprint density at radius 2 is 0.865 bits per heavy atom. The fraction of sp³-hybridized carbons (Fsp3) is 0.967. The van der Waals surface area contributed by atoms with Crippen molar-refractivity contribution in [1.29, 1.82) is 0 Å². The van der Waals surface area contributed by atoms with E-state index in [0.29, 0.717) is 6.42 Å². The Bertz CT molecular complexity index is 489. The molecule has 222 valence electrons. The largest absolute Gasteiger partial charge is 0.457 e. The zero-order valence-electron chi connectivity index (χ0n) is 23.8. The van der Waals surface area contributed by atoms with Crippen LogP contribution in [0.25, 0.3) is 0 Å². The van der Waals surface area contributed by atoms with Gasteiger partial charge < -0.3 is 30.3 Å². The number of aliphatic hydroxyl groups excluding tert-OH is 5. The van der Waals surface area contributed by atoms with Gasteiger partial charge in [0, 0.05) is 6.42 Å². The maximum absolute atomic E-state index is 12.0. The molecule has 37 heavy (non-hydrogen) atoms. The summed E-state index contributed by atoms with van der Waals surface area (Å²) in [6.45, 7) is 0.799. The number of ether oxygens (including phenoxy) is 1. The van der Waals surface area contributed by atoms with Crippen LogP contribution in [0.3, 0.4) is 0 Å². The Labute approximate surface area is 227 Å². The van der Waals surface area contributed by atoms with Crippen molar-refractivity contribution >= 4 is 5.97 Å². The monoisotopic (exact) mass is 532 g/mol. The Balaban J connectivity index is 3.49. The van der Waals surface area contributed by atoms with Gasteiger partial charge in [0.25, 0.3) is 0 Å². The van der Waals surface area contributed by atoms with Crippen molar-refractivity contribution in [2.45, 2.75) is 173 Å².